The molecule has 0 fully saturated rings. The van der Waals surface area contributed by atoms with Crippen molar-refractivity contribution < 1.29 is 9.47 Å². The maximum atomic E-state index is 6.67. The first-order valence-corrected chi connectivity index (χ1v) is 17.5. The van der Waals surface area contributed by atoms with Crippen molar-refractivity contribution in [2.24, 2.45) is 0 Å². The van der Waals surface area contributed by atoms with E-state index in [1.165, 1.54) is 65.6 Å². The predicted octanol–water partition coefficient (Wildman–Crippen LogP) is 10.9. The summed E-state index contributed by atoms with van der Waals surface area (Å²) in [6, 6.07) is 63.2. The Balaban J connectivity index is 1.11. The van der Waals surface area contributed by atoms with Crippen LogP contribution in [0.15, 0.2) is 176 Å². The van der Waals surface area contributed by atoms with Gasteiger partial charge in [0.25, 0.3) is 6.71 Å². The van der Waals surface area contributed by atoms with E-state index in [1.54, 1.807) is 0 Å². The van der Waals surface area contributed by atoms with E-state index in [1.807, 2.05) is 18.2 Å². The molecule has 236 valence electrons. The first kappa shape index (κ1) is 28.3. The lowest BCUT2D eigenvalue weighted by atomic mass is 9.35. The lowest BCUT2D eigenvalue weighted by Gasteiger charge is -2.33. The Hall–Kier alpha value is -6.58. The van der Waals surface area contributed by atoms with Gasteiger partial charge in [0.15, 0.2) is 0 Å². The van der Waals surface area contributed by atoms with E-state index in [-0.39, 0.29) is 6.71 Å². The average molecular weight is 649 g/mol. The van der Waals surface area contributed by atoms with Gasteiger partial charge < -0.3 is 9.47 Å². The van der Waals surface area contributed by atoms with Crippen molar-refractivity contribution in [3.8, 4) is 56.4 Å². The van der Waals surface area contributed by atoms with E-state index < -0.39 is 0 Å². The standard InChI is InChI=1S/C48H29BO2/c1-2-13-30(14-3-1)46-35-17-6-8-19-37(35)47(38-20-9-7-18-36(38)46)39-27-26-32(33-15-4-5-16-34(33)39)31-25-28-41-45(29-31)51-44-24-12-23-43-48(44)49(41)40-21-10-11-22-42(40)50-43/h1-29H. The summed E-state index contributed by atoms with van der Waals surface area (Å²) in [7, 11) is 0. The summed E-state index contributed by atoms with van der Waals surface area (Å²) in [6.07, 6.45) is 0. The van der Waals surface area contributed by atoms with E-state index in [4.69, 9.17) is 9.47 Å². The van der Waals surface area contributed by atoms with Gasteiger partial charge in [-0.25, -0.2) is 0 Å². The molecule has 2 heterocycles. The van der Waals surface area contributed by atoms with Crippen molar-refractivity contribution in [3.63, 3.8) is 0 Å². The highest BCUT2D eigenvalue weighted by Gasteiger charge is 2.39. The molecule has 9 aromatic carbocycles. The predicted molar refractivity (Wildman–Crippen MR) is 213 cm³/mol. The molecule has 0 aliphatic carbocycles. The van der Waals surface area contributed by atoms with Gasteiger partial charge in [-0.2, -0.15) is 0 Å². The second kappa shape index (κ2) is 11.0. The molecule has 0 radical (unpaired) electrons. The van der Waals surface area contributed by atoms with Gasteiger partial charge in [-0.15, -0.1) is 0 Å². The molecular weight excluding hydrogens is 619 g/mol. The number of para-hydroxylation sites is 1. The highest BCUT2D eigenvalue weighted by Crippen LogP contribution is 2.46. The quantitative estimate of drug-likeness (QED) is 0.140. The Kier molecular flexibility index (Phi) is 6.08. The maximum absolute atomic E-state index is 6.67. The second-order valence-corrected chi connectivity index (χ2v) is 13.5. The van der Waals surface area contributed by atoms with Crippen LogP contribution in [0.2, 0.25) is 0 Å². The van der Waals surface area contributed by atoms with Crippen LogP contribution < -0.4 is 25.9 Å². The third-order valence-electron chi connectivity index (χ3n) is 10.8. The molecule has 9 aromatic rings. The molecule has 2 nitrogen and oxygen atoms in total. The van der Waals surface area contributed by atoms with Crippen LogP contribution in [0, 0.1) is 0 Å². The number of hydrogen-bond acceptors (Lipinski definition) is 2. The fourth-order valence-corrected chi connectivity index (χ4v) is 8.65. The minimum atomic E-state index is 0.0542. The van der Waals surface area contributed by atoms with E-state index in [0.29, 0.717) is 0 Å². The van der Waals surface area contributed by atoms with Crippen LogP contribution in [-0.4, -0.2) is 6.71 Å². The minimum absolute atomic E-state index is 0.0542. The zero-order chi connectivity index (χ0) is 33.5. The fraction of sp³-hybridized carbons (Fsp3) is 0. The van der Waals surface area contributed by atoms with Crippen molar-refractivity contribution >= 4 is 55.4 Å². The molecule has 0 N–H and O–H groups in total. The Bertz CT molecular complexity index is 2820. The van der Waals surface area contributed by atoms with Gasteiger partial charge in [-0.05, 0) is 101 Å². The summed E-state index contributed by atoms with van der Waals surface area (Å²) in [5.74, 6) is 3.52. The third kappa shape index (κ3) is 4.19. The SMILES string of the molecule is c1ccc(-c2c3ccccc3c(-c3ccc(-c4ccc5c(c4)Oc4cccc6c4B5c4ccccc4O6)c4ccccc34)c3ccccc23)cc1. The normalized spacial score (nSPS) is 12.6. The van der Waals surface area contributed by atoms with Gasteiger partial charge >= 0.3 is 0 Å². The molecule has 0 aromatic heterocycles. The van der Waals surface area contributed by atoms with Crippen molar-refractivity contribution in [3.05, 3.63) is 176 Å². The van der Waals surface area contributed by atoms with Gasteiger partial charge in [-0.1, -0.05) is 152 Å². The minimum Gasteiger partial charge on any atom is -0.458 e. The molecule has 0 unspecified atom stereocenters. The maximum Gasteiger partial charge on any atom is 0.260 e. The number of ether oxygens (including phenoxy) is 2. The van der Waals surface area contributed by atoms with Crippen LogP contribution in [-0.2, 0) is 0 Å². The van der Waals surface area contributed by atoms with Crippen molar-refractivity contribution in [2.75, 3.05) is 0 Å². The van der Waals surface area contributed by atoms with Crippen molar-refractivity contribution in [1.82, 2.24) is 0 Å². The number of fused-ring (bicyclic) bond motifs is 7. The molecule has 11 rings (SSSR count). The summed E-state index contributed by atoms with van der Waals surface area (Å²) in [5.41, 5.74) is 10.8. The van der Waals surface area contributed by atoms with E-state index in [2.05, 4.69) is 158 Å². The van der Waals surface area contributed by atoms with Crippen LogP contribution in [0.5, 0.6) is 23.0 Å². The highest BCUT2D eigenvalue weighted by atomic mass is 16.5. The lowest BCUT2D eigenvalue weighted by Crippen LogP contribution is -2.57. The smallest absolute Gasteiger partial charge is 0.260 e. The summed E-state index contributed by atoms with van der Waals surface area (Å²) >= 11 is 0. The zero-order valence-electron chi connectivity index (χ0n) is 27.6. The van der Waals surface area contributed by atoms with E-state index in [0.717, 1.165) is 39.5 Å². The van der Waals surface area contributed by atoms with Gasteiger partial charge in [0.2, 0.25) is 0 Å². The number of rotatable bonds is 3. The largest absolute Gasteiger partial charge is 0.458 e. The summed E-state index contributed by atoms with van der Waals surface area (Å²) in [6.45, 7) is 0.0542. The molecule has 0 bridgehead atoms. The fourth-order valence-electron chi connectivity index (χ4n) is 8.65. The van der Waals surface area contributed by atoms with Gasteiger partial charge in [0.1, 0.15) is 23.0 Å². The summed E-state index contributed by atoms with van der Waals surface area (Å²) in [4.78, 5) is 0. The molecule has 3 heteroatoms. The van der Waals surface area contributed by atoms with Crippen LogP contribution in [0.25, 0.3) is 65.7 Å². The number of hydrogen-bond donors (Lipinski definition) is 0. The molecule has 51 heavy (non-hydrogen) atoms. The molecule has 0 saturated carbocycles. The van der Waals surface area contributed by atoms with Crippen LogP contribution in [0.3, 0.4) is 0 Å². The second-order valence-electron chi connectivity index (χ2n) is 13.5. The molecule has 2 aliphatic heterocycles. The van der Waals surface area contributed by atoms with Gasteiger partial charge in [0, 0.05) is 5.46 Å². The first-order chi connectivity index (χ1) is 25.3. The van der Waals surface area contributed by atoms with Gasteiger partial charge in [-0.3, -0.25) is 0 Å². The van der Waals surface area contributed by atoms with Crippen molar-refractivity contribution in [1.29, 1.82) is 0 Å². The topological polar surface area (TPSA) is 18.5 Å². The lowest BCUT2D eigenvalue weighted by molar-refractivity contribution is 0.464. The van der Waals surface area contributed by atoms with Crippen LogP contribution >= 0.6 is 0 Å². The monoisotopic (exact) mass is 648 g/mol. The highest BCUT2D eigenvalue weighted by molar-refractivity contribution is 6.98. The Labute approximate surface area is 296 Å². The molecule has 0 atom stereocenters. The van der Waals surface area contributed by atoms with Crippen LogP contribution in [0.1, 0.15) is 0 Å². The zero-order valence-corrected chi connectivity index (χ0v) is 27.6. The first-order valence-electron chi connectivity index (χ1n) is 17.5. The van der Waals surface area contributed by atoms with Gasteiger partial charge in [0.05, 0.1) is 0 Å². The van der Waals surface area contributed by atoms with Crippen LogP contribution in [0.4, 0.5) is 0 Å². The summed E-state index contributed by atoms with van der Waals surface area (Å²) < 4.78 is 13.0. The average Bonchev–Trinajstić information content (AvgIpc) is 3.19. The van der Waals surface area contributed by atoms with Crippen molar-refractivity contribution in [2.45, 2.75) is 0 Å². The summed E-state index contributed by atoms with van der Waals surface area (Å²) in [5, 5.41) is 7.47. The van der Waals surface area contributed by atoms with E-state index in [9.17, 15) is 0 Å². The Morgan fingerprint density at radius 1 is 0.314 bits per heavy atom. The number of benzene rings is 9. The molecule has 0 spiro atoms. The molecule has 2 aliphatic rings. The molecule has 0 amide bonds. The molecule has 0 saturated heterocycles. The molecular formula is C48H29BO2. The Morgan fingerprint density at radius 2 is 0.824 bits per heavy atom. The van der Waals surface area contributed by atoms with E-state index >= 15 is 0 Å². The third-order valence-corrected chi connectivity index (χ3v) is 10.8. The Morgan fingerprint density at radius 3 is 1.53 bits per heavy atom.